The van der Waals surface area contributed by atoms with Crippen LogP contribution in [0.25, 0.3) is 6.08 Å². The maximum absolute atomic E-state index is 12.8. The van der Waals surface area contributed by atoms with Crippen molar-refractivity contribution < 1.29 is 79.9 Å². The predicted molar refractivity (Wildman–Crippen MR) is 144 cm³/mol. The highest BCUT2D eigenvalue weighted by atomic mass is 16.7. The number of ether oxygens (including phenoxy) is 4. The molecule has 16 heteroatoms. The lowest BCUT2D eigenvalue weighted by atomic mass is 9.98. The third-order valence-electron chi connectivity index (χ3n) is 6.97. The smallest absolute Gasteiger partial charge is 0.339 e. The number of hydrogen-bond acceptors (Lipinski definition) is 15. The van der Waals surface area contributed by atoms with Gasteiger partial charge in [-0.1, -0.05) is 0 Å². The van der Waals surface area contributed by atoms with Gasteiger partial charge >= 0.3 is 5.97 Å². The molecule has 1 fully saturated rings. The standard InChI is InChI=1S/C28H26O16/c29-8-20-23(38)24(39)26(44-27(40)10-2-14(32)21(36)15(33)3-10)28(43-20)42-19-4-9(1-16(34)22(19)37)25-17(35)7-12-13(31)5-11(30)6-18(12)41-25/h1-7,20,23-26,28-39H,8H2/p+1. The first-order valence-corrected chi connectivity index (χ1v) is 12.8. The lowest BCUT2D eigenvalue weighted by molar-refractivity contribution is -0.276. The number of aromatic hydroxyl groups is 8. The van der Waals surface area contributed by atoms with E-state index in [1.54, 1.807) is 0 Å². The Hall–Kier alpha value is -5.29. The number of aliphatic hydroxyl groups excluding tert-OH is 4. The summed E-state index contributed by atoms with van der Waals surface area (Å²) in [5, 5.41) is 111. The summed E-state index contributed by atoms with van der Waals surface area (Å²) in [4.78, 5) is 12.8. The van der Waals surface area contributed by atoms with Crippen LogP contribution in [-0.4, -0.2) is 104 Å². The molecule has 5 rings (SSSR count). The van der Waals surface area contributed by atoms with Gasteiger partial charge in [-0.2, -0.15) is 0 Å². The van der Waals surface area contributed by atoms with E-state index in [2.05, 4.69) is 4.74 Å². The van der Waals surface area contributed by atoms with Gasteiger partial charge in [0, 0.05) is 12.1 Å². The van der Waals surface area contributed by atoms with Crippen molar-refractivity contribution in [1.29, 1.82) is 0 Å². The average Bonchev–Trinajstić information content (AvgIpc) is 2.97. The van der Waals surface area contributed by atoms with Crippen LogP contribution in [0.15, 0.2) is 42.2 Å². The van der Waals surface area contributed by atoms with E-state index in [1.165, 1.54) is 12.1 Å². The number of hydrogen-bond donors (Lipinski definition) is 11. The van der Waals surface area contributed by atoms with Gasteiger partial charge in [-0.15, -0.1) is 0 Å². The SMILES string of the molecule is O=C(OC1C(Oc2cc(C3[OH+]c4cc(O)cc(O)c4C=C3O)cc(O)c2O)OC(CO)C(O)C1O)c1cc(O)c(O)c(O)c1. The molecule has 234 valence electrons. The summed E-state index contributed by atoms with van der Waals surface area (Å²) in [6.45, 7) is -0.839. The number of aliphatic hydroxyl groups is 5. The van der Waals surface area contributed by atoms with E-state index >= 15 is 0 Å². The highest BCUT2D eigenvalue weighted by Crippen LogP contribution is 2.47. The highest BCUT2D eigenvalue weighted by Gasteiger charge is 2.48. The number of carbonyl (C=O) groups is 1. The molecule has 0 saturated carbocycles. The number of phenols is 7. The number of fused-ring (bicyclic) bond motifs is 1. The monoisotopic (exact) mass is 619 g/mol. The first kappa shape index (κ1) is 30.2. The summed E-state index contributed by atoms with van der Waals surface area (Å²) in [6.07, 6.45) is -9.11. The fourth-order valence-electron chi connectivity index (χ4n) is 4.72. The molecule has 0 spiro atoms. The minimum Gasteiger partial charge on any atom is -0.571 e. The van der Waals surface area contributed by atoms with E-state index in [9.17, 15) is 61.0 Å². The molecular weight excluding hydrogens is 592 g/mol. The van der Waals surface area contributed by atoms with E-state index < -0.39 is 95.2 Å². The molecule has 0 radical (unpaired) electrons. The molecular formula is C28H27O16+. The number of benzene rings is 3. The topological polar surface area (TPSA) is 280 Å². The normalized spacial score (nSPS) is 24.5. The Morgan fingerprint density at radius 1 is 0.818 bits per heavy atom. The Kier molecular flexibility index (Phi) is 7.83. The van der Waals surface area contributed by atoms with Crippen LogP contribution in [0.3, 0.4) is 0 Å². The summed E-state index contributed by atoms with van der Waals surface area (Å²) in [7, 11) is 0. The lowest BCUT2D eigenvalue weighted by Gasteiger charge is -2.41. The molecule has 0 aliphatic carbocycles. The highest BCUT2D eigenvalue weighted by molar-refractivity contribution is 5.91. The quantitative estimate of drug-likeness (QED) is 0.102. The van der Waals surface area contributed by atoms with E-state index in [-0.39, 0.29) is 28.4 Å². The third-order valence-corrected chi connectivity index (χ3v) is 6.97. The maximum Gasteiger partial charge on any atom is 0.339 e. The zero-order valence-corrected chi connectivity index (χ0v) is 22.2. The van der Waals surface area contributed by atoms with Crippen LogP contribution in [0.1, 0.15) is 27.6 Å². The summed E-state index contributed by atoms with van der Waals surface area (Å²) in [6, 6.07) is 5.88. The van der Waals surface area contributed by atoms with Gasteiger partial charge in [0.1, 0.15) is 35.4 Å². The zero-order chi connectivity index (χ0) is 32.0. The van der Waals surface area contributed by atoms with Crippen molar-refractivity contribution in [3.05, 3.63) is 58.8 Å². The lowest BCUT2D eigenvalue weighted by Crippen LogP contribution is -2.61. The van der Waals surface area contributed by atoms with Crippen LogP contribution < -0.4 is 4.74 Å². The first-order valence-electron chi connectivity index (χ1n) is 12.8. The first-order chi connectivity index (χ1) is 20.8. The summed E-state index contributed by atoms with van der Waals surface area (Å²) in [5.74, 6) is -7.17. The van der Waals surface area contributed by atoms with Crippen molar-refractivity contribution in [3.8, 4) is 51.7 Å². The fraction of sp³-hybridized carbons (Fsp3) is 0.250. The Morgan fingerprint density at radius 2 is 1.48 bits per heavy atom. The number of rotatable bonds is 6. The van der Waals surface area contributed by atoms with Gasteiger partial charge in [0.2, 0.25) is 12.0 Å². The van der Waals surface area contributed by atoms with Gasteiger partial charge in [0.05, 0.1) is 23.8 Å². The Labute approximate surface area is 246 Å². The van der Waals surface area contributed by atoms with E-state index in [4.69, 9.17) is 14.2 Å². The van der Waals surface area contributed by atoms with Gasteiger partial charge in [0.15, 0.2) is 40.6 Å². The Bertz CT molecular complexity index is 1610. The molecule has 2 heterocycles. The molecule has 44 heavy (non-hydrogen) atoms. The van der Waals surface area contributed by atoms with Gasteiger partial charge < -0.3 is 75.1 Å². The van der Waals surface area contributed by atoms with Gasteiger partial charge in [-0.05, 0) is 24.3 Å². The molecule has 16 nitrogen and oxygen atoms in total. The molecule has 3 aromatic carbocycles. The van der Waals surface area contributed by atoms with Gasteiger partial charge in [0.25, 0.3) is 11.9 Å². The fourth-order valence-corrected chi connectivity index (χ4v) is 4.72. The molecule has 0 aromatic heterocycles. The van der Waals surface area contributed by atoms with Crippen molar-refractivity contribution >= 4 is 12.0 Å². The second-order valence-corrected chi connectivity index (χ2v) is 9.94. The van der Waals surface area contributed by atoms with Gasteiger partial charge in [-0.25, -0.2) is 4.79 Å². The van der Waals surface area contributed by atoms with Crippen molar-refractivity contribution in [2.24, 2.45) is 0 Å². The molecule has 6 unspecified atom stereocenters. The molecule has 12 N–H and O–H groups in total. The summed E-state index contributed by atoms with van der Waals surface area (Å²) < 4.78 is 20.7. The largest absolute Gasteiger partial charge is 0.571 e. The second kappa shape index (κ2) is 11.4. The van der Waals surface area contributed by atoms with Crippen LogP contribution >= 0.6 is 0 Å². The van der Waals surface area contributed by atoms with Gasteiger partial charge in [-0.3, -0.25) is 0 Å². The molecule has 0 bridgehead atoms. The minimum atomic E-state index is -1.97. The van der Waals surface area contributed by atoms with Crippen LogP contribution in [0.2, 0.25) is 0 Å². The van der Waals surface area contributed by atoms with E-state index in [1.807, 2.05) is 0 Å². The van der Waals surface area contributed by atoms with E-state index in [0.717, 1.165) is 30.3 Å². The van der Waals surface area contributed by atoms with E-state index in [0.29, 0.717) is 0 Å². The van der Waals surface area contributed by atoms with Crippen molar-refractivity contribution in [1.82, 2.24) is 0 Å². The second-order valence-electron chi connectivity index (χ2n) is 9.94. The molecule has 3 aromatic rings. The minimum absolute atomic E-state index is 0.0104. The van der Waals surface area contributed by atoms with Crippen LogP contribution in [0.5, 0.6) is 51.7 Å². The zero-order valence-electron chi connectivity index (χ0n) is 22.2. The Balaban J connectivity index is 1.47. The van der Waals surface area contributed by atoms with Crippen molar-refractivity contribution in [3.63, 3.8) is 0 Å². The summed E-state index contributed by atoms with van der Waals surface area (Å²) >= 11 is 0. The molecule has 1 saturated heterocycles. The van der Waals surface area contributed by atoms with Crippen LogP contribution in [0.4, 0.5) is 0 Å². The van der Waals surface area contributed by atoms with Crippen LogP contribution in [-0.2, 0) is 9.47 Å². The number of phenolic OH excluding ortho intramolecular Hbond substituents is 7. The molecule has 2 aliphatic rings. The van der Waals surface area contributed by atoms with Crippen molar-refractivity contribution in [2.75, 3.05) is 6.61 Å². The van der Waals surface area contributed by atoms with Crippen molar-refractivity contribution in [2.45, 2.75) is 36.8 Å². The predicted octanol–water partition coefficient (Wildman–Crippen LogP) is 0.564. The maximum atomic E-state index is 12.8. The average molecular weight is 620 g/mol. The molecule has 0 amide bonds. The Morgan fingerprint density at radius 3 is 2.14 bits per heavy atom. The third kappa shape index (κ3) is 5.45. The van der Waals surface area contributed by atoms with Crippen LogP contribution in [0, 0.1) is 0 Å². The molecule has 2 aliphatic heterocycles. The molecule has 6 atom stereocenters. The number of esters is 1. The summed E-state index contributed by atoms with van der Waals surface area (Å²) in [5.41, 5.74) is -0.381. The number of carbonyl (C=O) groups excluding carboxylic acids is 1.